The van der Waals surface area contributed by atoms with Crippen LogP contribution in [0.5, 0.6) is 0 Å². The fourth-order valence-electron chi connectivity index (χ4n) is 1.16. The second-order valence-corrected chi connectivity index (χ2v) is 2.90. The van der Waals surface area contributed by atoms with E-state index in [4.69, 9.17) is 14.6 Å². The van der Waals surface area contributed by atoms with Crippen molar-refractivity contribution < 1.29 is 14.6 Å². The average Bonchev–Trinajstić information content (AvgIpc) is 2.38. The number of ether oxygens (including phenoxy) is 2. The molecule has 3 nitrogen and oxygen atoms in total. The Kier molecular flexibility index (Phi) is 6.34. The highest BCUT2D eigenvalue weighted by molar-refractivity contribution is 4.66. The molecule has 1 N–H and O–H groups in total. The van der Waals surface area contributed by atoms with E-state index in [1.807, 2.05) is 6.92 Å². The van der Waals surface area contributed by atoms with Crippen molar-refractivity contribution in [3.05, 3.63) is 0 Å². The number of aliphatic hydroxyl groups is 1. The maximum absolute atomic E-state index is 7.57. The van der Waals surface area contributed by atoms with Gasteiger partial charge in [0, 0.05) is 13.0 Å². The summed E-state index contributed by atoms with van der Waals surface area (Å²) < 4.78 is 10.7. The topological polar surface area (TPSA) is 38.7 Å². The van der Waals surface area contributed by atoms with Crippen molar-refractivity contribution in [1.29, 1.82) is 0 Å². The van der Waals surface area contributed by atoms with Gasteiger partial charge in [0.05, 0.1) is 13.2 Å². The summed E-state index contributed by atoms with van der Waals surface area (Å²) in [5.74, 6) is -0.255. The molecule has 0 spiro atoms. The molecule has 0 radical (unpaired) electrons. The highest BCUT2D eigenvalue weighted by Gasteiger charge is 2.29. The second kappa shape index (κ2) is 6.40. The first-order valence-electron chi connectivity index (χ1n) is 4.57. The fourth-order valence-corrected chi connectivity index (χ4v) is 1.16. The fraction of sp³-hybridized carbons (Fsp3) is 1.00. The van der Waals surface area contributed by atoms with Crippen LogP contribution in [-0.4, -0.2) is 30.7 Å². The Hall–Kier alpha value is -0.120. The van der Waals surface area contributed by atoms with Crippen LogP contribution in [0, 0.1) is 0 Å². The van der Waals surface area contributed by atoms with Gasteiger partial charge in [0.25, 0.3) is 0 Å². The Morgan fingerprint density at radius 3 is 2.00 bits per heavy atom. The van der Waals surface area contributed by atoms with E-state index in [-0.39, 0.29) is 12.4 Å². The van der Waals surface area contributed by atoms with Crippen LogP contribution in [0.4, 0.5) is 0 Å². The lowest BCUT2D eigenvalue weighted by Crippen LogP contribution is -2.24. The van der Waals surface area contributed by atoms with Crippen molar-refractivity contribution in [2.24, 2.45) is 0 Å². The predicted octanol–water partition coefficient (Wildman–Crippen LogP) is 1.55. The minimum Gasteiger partial charge on any atom is -0.397 e. The second-order valence-electron chi connectivity index (χ2n) is 2.90. The van der Waals surface area contributed by atoms with Crippen LogP contribution in [0.15, 0.2) is 0 Å². The van der Waals surface area contributed by atoms with Gasteiger partial charge in [-0.25, -0.2) is 0 Å². The minimum absolute atomic E-state index is 0.250. The van der Waals surface area contributed by atoms with E-state index in [0.29, 0.717) is 0 Å². The third-order valence-corrected chi connectivity index (χ3v) is 1.60. The SMILES string of the molecule is CCCC1(C)OCCO1.CCO. The van der Waals surface area contributed by atoms with Gasteiger partial charge in [0.1, 0.15) is 0 Å². The van der Waals surface area contributed by atoms with Gasteiger partial charge in [0.15, 0.2) is 5.79 Å². The zero-order chi connectivity index (χ0) is 9.45. The number of hydrogen-bond acceptors (Lipinski definition) is 3. The van der Waals surface area contributed by atoms with Crippen LogP contribution in [0.2, 0.25) is 0 Å². The molecule has 1 rings (SSSR count). The summed E-state index contributed by atoms with van der Waals surface area (Å²) in [6, 6.07) is 0. The molecule has 0 bridgehead atoms. The van der Waals surface area contributed by atoms with Crippen LogP contribution >= 0.6 is 0 Å². The largest absolute Gasteiger partial charge is 0.397 e. The molecule has 0 aromatic rings. The Bertz CT molecular complexity index is 97.9. The molecule has 0 aromatic carbocycles. The smallest absolute Gasteiger partial charge is 0.165 e. The Morgan fingerprint density at radius 2 is 1.67 bits per heavy atom. The van der Waals surface area contributed by atoms with E-state index in [1.54, 1.807) is 6.92 Å². The van der Waals surface area contributed by atoms with Gasteiger partial charge >= 0.3 is 0 Å². The lowest BCUT2D eigenvalue weighted by molar-refractivity contribution is -0.146. The summed E-state index contributed by atoms with van der Waals surface area (Å²) in [7, 11) is 0. The zero-order valence-electron chi connectivity index (χ0n) is 8.30. The van der Waals surface area contributed by atoms with Crippen LogP contribution in [0.25, 0.3) is 0 Å². The summed E-state index contributed by atoms with van der Waals surface area (Å²) in [5.41, 5.74) is 0. The normalized spacial score (nSPS) is 20.0. The average molecular weight is 176 g/mol. The summed E-state index contributed by atoms with van der Waals surface area (Å²) in [5, 5.41) is 7.57. The molecule has 74 valence electrons. The molecule has 12 heavy (non-hydrogen) atoms. The first-order chi connectivity index (χ1) is 5.68. The molecule has 0 saturated carbocycles. The minimum atomic E-state index is -0.255. The molecule has 1 heterocycles. The van der Waals surface area contributed by atoms with E-state index in [9.17, 15) is 0 Å². The van der Waals surface area contributed by atoms with E-state index in [2.05, 4.69) is 6.92 Å². The molecule has 0 aliphatic carbocycles. The molecule has 0 aromatic heterocycles. The molecular formula is C9H20O3. The molecule has 1 saturated heterocycles. The van der Waals surface area contributed by atoms with Gasteiger partial charge in [-0.2, -0.15) is 0 Å². The van der Waals surface area contributed by atoms with Gasteiger partial charge < -0.3 is 14.6 Å². The van der Waals surface area contributed by atoms with Crippen LogP contribution in [0.1, 0.15) is 33.6 Å². The van der Waals surface area contributed by atoms with E-state index in [1.165, 1.54) is 0 Å². The quantitative estimate of drug-likeness (QED) is 0.693. The molecule has 3 heteroatoms. The lowest BCUT2D eigenvalue weighted by atomic mass is 10.2. The van der Waals surface area contributed by atoms with Crippen molar-refractivity contribution in [2.45, 2.75) is 39.4 Å². The van der Waals surface area contributed by atoms with Crippen LogP contribution in [-0.2, 0) is 9.47 Å². The number of rotatable bonds is 2. The summed E-state index contributed by atoms with van der Waals surface area (Å²) in [6.45, 7) is 7.59. The summed E-state index contributed by atoms with van der Waals surface area (Å²) in [4.78, 5) is 0. The molecule has 1 fully saturated rings. The molecule has 0 atom stereocenters. The van der Waals surface area contributed by atoms with Crippen molar-refractivity contribution in [1.82, 2.24) is 0 Å². The number of aliphatic hydroxyl groups excluding tert-OH is 1. The van der Waals surface area contributed by atoms with Gasteiger partial charge in [-0.1, -0.05) is 13.3 Å². The van der Waals surface area contributed by atoms with Crippen molar-refractivity contribution in [3.63, 3.8) is 0 Å². The Morgan fingerprint density at radius 1 is 1.25 bits per heavy atom. The zero-order valence-corrected chi connectivity index (χ0v) is 8.30. The number of hydrogen-bond donors (Lipinski definition) is 1. The van der Waals surface area contributed by atoms with Crippen molar-refractivity contribution in [3.8, 4) is 0 Å². The molecular weight excluding hydrogens is 156 g/mol. The van der Waals surface area contributed by atoms with E-state index >= 15 is 0 Å². The third kappa shape index (κ3) is 4.70. The van der Waals surface area contributed by atoms with Gasteiger partial charge in [0.2, 0.25) is 0 Å². The molecule has 0 amide bonds. The van der Waals surface area contributed by atoms with Crippen molar-refractivity contribution in [2.75, 3.05) is 19.8 Å². The molecule has 1 aliphatic heterocycles. The highest BCUT2D eigenvalue weighted by Crippen LogP contribution is 2.23. The maximum Gasteiger partial charge on any atom is 0.165 e. The predicted molar refractivity (Wildman–Crippen MR) is 48.0 cm³/mol. The van der Waals surface area contributed by atoms with Crippen LogP contribution < -0.4 is 0 Å². The molecule has 0 unspecified atom stereocenters. The highest BCUT2D eigenvalue weighted by atomic mass is 16.7. The van der Waals surface area contributed by atoms with Gasteiger partial charge in [-0.05, 0) is 13.8 Å². The first-order valence-corrected chi connectivity index (χ1v) is 4.57. The molecule has 1 aliphatic rings. The maximum atomic E-state index is 7.57. The van der Waals surface area contributed by atoms with E-state index in [0.717, 1.165) is 26.1 Å². The Labute approximate surface area is 74.7 Å². The lowest BCUT2D eigenvalue weighted by Gasteiger charge is -2.20. The Balaban J connectivity index is 0.000000354. The standard InChI is InChI=1S/C7H14O2.C2H6O/c1-3-4-7(2)8-5-6-9-7;1-2-3/h3-6H2,1-2H3;3H,2H2,1H3. The summed E-state index contributed by atoms with van der Waals surface area (Å²) in [6.07, 6.45) is 2.13. The summed E-state index contributed by atoms with van der Waals surface area (Å²) >= 11 is 0. The third-order valence-electron chi connectivity index (χ3n) is 1.60. The monoisotopic (exact) mass is 176 g/mol. The van der Waals surface area contributed by atoms with Crippen molar-refractivity contribution >= 4 is 0 Å². The van der Waals surface area contributed by atoms with Crippen LogP contribution in [0.3, 0.4) is 0 Å². The van der Waals surface area contributed by atoms with E-state index < -0.39 is 0 Å². The van der Waals surface area contributed by atoms with Gasteiger partial charge in [-0.3, -0.25) is 0 Å². The van der Waals surface area contributed by atoms with Gasteiger partial charge in [-0.15, -0.1) is 0 Å². The first kappa shape index (κ1) is 11.9.